The number of aromatic nitrogens is 3. The SMILES string of the molecule is c1ccc(-c2c(-c3ccccc3)n(-c3ccc(-c4ccc(-c5ccc(-n6c(-c7ccccc7)c(-c7ccccc7)c7ccccc76)cc5)c(-n5c6ccccc6c6ccccc65)c4)cc3)c3ccccc23)cc1. The minimum absolute atomic E-state index is 1.11. The smallest absolute Gasteiger partial charge is 0.0619 e. The van der Waals surface area contributed by atoms with Gasteiger partial charge in [0, 0.05) is 49.6 Å². The van der Waals surface area contributed by atoms with Crippen LogP contribution in [0.15, 0.2) is 285 Å². The van der Waals surface area contributed by atoms with Crippen LogP contribution in [0.3, 0.4) is 0 Å². The Morgan fingerprint density at radius 1 is 0.205 bits per heavy atom. The van der Waals surface area contributed by atoms with E-state index in [2.05, 4.69) is 299 Å². The Bertz CT molecular complexity index is 4260. The number of para-hydroxylation sites is 4. The summed E-state index contributed by atoms with van der Waals surface area (Å²) in [5.74, 6) is 0. The van der Waals surface area contributed by atoms with Crippen molar-refractivity contribution in [3.05, 3.63) is 285 Å². The fraction of sp³-hybridized carbons (Fsp3) is 0. The number of fused-ring (bicyclic) bond motifs is 5. The van der Waals surface area contributed by atoms with E-state index in [-0.39, 0.29) is 0 Å². The predicted octanol–water partition coefficient (Wildman–Crippen LogP) is 18.7. The molecule has 0 N–H and O–H groups in total. The van der Waals surface area contributed by atoms with Gasteiger partial charge < -0.3 is 13.7 Å². The van der Waals surface area contributed by atoms with Crippen molar-refractivity contribution in [3.8, 4) is 84.1 Å². The highest BCUT2D eigenvalue weighted by atomic mass is 15.0. The predicted molar refractivity (Wildman–Crippen MR) is 307 cm³/mol. The number of rotatable bonds is 9. The van der Waals surface area contributed by atoms with Crippen LogP contribution < -0.4 is 0 Å². The van der Waals surface area contributed by atoms with Crippen molar-refractivity contribution >= 4 is 43.6 Å². The fourth-order valence-electron chi connectivity index (χ4n) is 11.5. The first-order valence-corrected chi connectivity index (χ1v) is 25.1. The molecule has 0 saturated heterocycles. The van der Waals surface area contributed by atoms with Crippen molar-refractivity contribution in [3.63, 3.8) is 0 Å². The van der Waals surface area contributed by atoms with Crippen molar-refractivity contribution in [2.24, 2.45) is 0 Å². The molecule has 3 nitrogen and oxygen atoms in total. The van der Waals surface area contributed by atoms with E-state index in [0.717, 1.165) is 39.3 Å². The average Bonchev–Trinajstić information content (AvgIpc) is 4.13. The van der Waals surface area contributed by atoms with Gasteiger partial charge in [0.15, 0.2) is 0 Å². The highest BCUT2D eigenvalue weighted by Crippen LogP contribution is 2.46. The molecule has 14 aromatic rings. The van der Waals surface area contributed by atoms with E-state index in [1.807, 2.05) is 0 Å². The van der Waals surface area contributed by atoms with E-state index >= 15 is 0 Å². The third kappa shape index (κ3) is 7.05. The molecule has 0 amide bonds. The van der Waals surface area contributed by atoms with Crippen LogP contribution in [0.25, 0.3) is 128 Å². The first kappa shape index (κ1) is 42.2. The Balaban J connectivity index is 0.930. The second kappa shape index (κ2) is 17.6. The molecule has 0 aliphatic carbocycles. The normalized spacial score (nSPS) is 11.6. The molecule has 0 aliphatic rings. The van der Waals surface area contributed by atoms with Gasteiger partial charge in [0.05, 0.1) is 39.1 Å². The van der Waals surface area contributed by atoms with Crippen molar-refractivity contribution in [1.82, 2.24) is 13.7 Å². The van der Waals surface area contributed by atoms with Crippen LogP contribution in [-0.2, 0) is 0 Å². The van der Waals surface area contributed by atoms with Crippen molar-refractivity contribution in [2.45, 2.75) is 0 Å². The number of hydrogen-bond acceptors (Lipinski definition) is 0. The second-order valence-electron chi connectivity index (χ2n) is 18.8. The highest BCUT2D eigenvalue weighted by molar-refractivity contribution is 6.10. The van der Waals surface area contributed by atoms with Gasteiger partial charge in [0.2, 0.25) is 0 Å². The molecular weight excluding hydrogens is 883 g/mol. The van der Waals surface area contributed by atoms with Crippen LogP contribution in [-0.4, -0.2) is 13.7 Å². The molecule has 0 radical (unpaired) electrons. The zero-order chi connectivity index (χ0) is 48.2. The molecule has 342 valence electrons. The third-order valence-electron chi connectivity index (χ3n) is 14.7. The van der Waals surface area contributed by atoms with E-state index in [1.165, 1.54) is 88.4 Å². The van der Waals surface area contributed by atoms with Gasteiger partial charge in [0.1, 0.15) is 0 Å². The maximum absolute atomic E-state index is 2.47. The molecule has 0 spiro atoms. The van der Waals surface area contributed by atoms with Crippen molar-refractivity contribution in [1.29, 1.82) is 0 Å². The molecule has 0 aliphatic heterocycles. The Kier molecular flexibility index (Phi) is 10.2. The van der Waals surface area contributed by atoms with E-state index in [0.29, 0.717) is 0 Å². The van der Waals surface area contributed by atoms with Gasteiger partial charge in [-0.15, -0.1) is 0 Å². The Morgan fingerprint density at radius 3 is 0.959 bits per heavy atom. The van der Waals surface area contributed by atoms with E-state index < -0.39 is 0 Å². The summed E-state index contributed by atoms with van der Waals surface area (Å²) >= 11 is 0. The topological polar surface area (TPSA) is 14.8 Å². The lowest BCUT2D eigenvalue weighted by Crippen LogP contribution is -2.00. The van der Waals surface area contributed by atoms with Crippen molar-refractivity contribution in [2.75, 3.05) is 0 Å². The van der Waals surface area contributed by atoms with Crippen LogP contribution in [0.5, 0.6) is 0 Å². The van der Waals surface area contributed by atoms with Crippen LogP contribution >= 0.6 is 0 Å². The fourth-order valence-corrected chi connectivity index (χ4v) is 11.5. The monoisotopic (exact) mass is 929 g/mol. The third-order valence-corrected chi connectivity index (χ3v) is 14.7. The van der Waals surface area contributed by atoms with Gasteiger partial charge in [-0.25, -0.2) is 0 Å². The molecule has 73 heavy (non-hydrogen) atoms. The van der Waals surface area contributed by atoms with Crippen LogP contribution in [0.2, 0.25) is 0 Å². The van der Waals surface area contributed by atoms with Crippen LogP contribution in [0.4, 0.5) is 0 Å². The Hall–Kier alpha value is -9.70. The summed E-state index contributed by atoms with van der Waals surface area (Å²) in [5, 5.41) is 4.93. The van der Waals surface area contributed by atoms with Crippen LogP contribution in [0.1, 0.15) is 0 Å². The van der Waals surface area contributed by atoms with Gasteiger partial charge >= 0.3 is 0 Å². The summed E-state index contributed by atoms with van der Waals surface area (Å²) in [6, 6.07) is 104. The van der Waals surface area contributed by atoms with Gasteiger partial charge in [-0.1, -0.05) is 231 Å². The molecular formula is C70H47N3. The number of hydrogen-bond donors (Lipinski definition) is 0. The summed E-state index contributed by atoms with van der Waals surface area (Å²) in [6.07, 6.45) is 0. The number of nitrogens with zero attached hydrogens (tertiary/aromatic N) is 3. The summed E-state index contributed by atoms with van der Waals surface area (Å²) in [6.45, 7) is 0. The molecule has 0 bridgehead atoms. The molecule has 3 heterocycles. The van der Waals surface area contributed by atoms with Gasteiger partial charge in [0.25, 0.3) is 0 Å². The molecule has 3 aromatic heterocycles. The minimum Gasteiger partial charge on any atom is -0.309 e. The molecule has 11 aromatic carbocycles. The highest BCUT2D eigenvalue weighted by Gasteiger charge is 2.24. The van der Waals surface area contributed by atoms with Gasteiger partial charge in [-0.2, -0.15) is 0 Å². The van der Waals surface area contributed by atoms with Gasteiger partial charge in [-0.3, -0.25) is 0 Å². The van der Waals surface area contributed by atoms with Crippen LogP contribution in [0, 0.1) is 0 Å². The lowest BCUT2D eigenvalue weighted by molar-refractivity contribution is 1.13. The Morgan fingerprint density at radius 2 is 0.534 bits per heavy atom. The molecule has 0 unspecified atom stereocenters. The maximum atomic E-state index is 2.47. The first-order valence-electron chi connectivity index (χ1n) is 25.1. The largest absolute Gasteiger partial charge is 0.309 e. The minimum atomic E-state index is 1.11. The Labute approximate surface area is 424 Å². The second-order valence-corrected chi connectivity index (χ2v) is 18.8. The summed E-state index contributed by atoms with van der Waals surface area (Å²) in [5.41, 5.74) is 22.2. The summed E-state index contributed by atoms with van der Waals surface area (Å²) < 4.78 is 7.35. The van der Waals surface area contributed by atoms with Crippen molar-refractivity contribution < 1.29 is 0 Å². The summed E-state index contributed by atoms with van der Waals surface area (Å²) in [7, 11) is 0. The molecule has 3 heteroatoms. The van der Waals surface area contributed by atoms with Gasteiger partial charge in [-0.05, 0) is 93.5 Å². The average molecular weight is 930 g/mol. The van der Waals surface area contributed by atoms with E-state index in [4.69, 9.17) is 0 Å². The zero-order valence-electron chi connectivity index (χ0n) is 40.0. The quantitative estimate of drug-likeness (QED) is 0.137. The summed E-state index contributed by atoms with van der Waals surface area (Å²) in [4.78, 5) is 0. The maximum Gasteiger partial charge on any atom is 0.0619 e. The van der Waals surface area contributed by atoms with E-state index in [9.17, 15) is 0 Å². The zero-order valence-corrected chi connectivity index (χ0v) is 40.0. The molecule has 14 rings (SSSR count). The molecule has 0 fully saturated rings. The van der Waals surface area contributed by atoms with E-state index in [1.54, 1.807) is 0 Å². The molecule has 0 saturated carbocycles. The lowest BCUT2D eigenvalue weighted by atomic mass is 9.97. The lowest BCUT2D eigenvalue weighted by Gasteiger charge is -2.18. The standard InChI is InChI=1S/C70H47N3/c1-5-21-50(22-6-1)67-60-31-15-19-35-64(60)71(69(67)52-25-9-3-10-26-52)55-42-37-48(38-43-55)54-41-46-57(66(47-54)73-62-33-17-13-29-58(62)59-30-14-18-34-63(59)73)49-39-44-56(45-40-49)72-65-36-20-16-32-61(65)68(51-23-7-2-8-24-51)70(72)53-27-11-4-12-28-53/h1-47H. The molecule has 0 atom stereocenters. The first-order chi connectivity index (χ1) is 36.3. The number of benzene rings is 11.